The van der Waals surface area contributed by atoms with Gasteiger partial charge in [-0.05, 0) is 37.1 Å². The maximum Gasteiger partial charge on any atom is 0.252 e. The van der Waals surface area contributed by atoms with E-state index >= 15 is 0 Å². The summed E-state index contributed by atoms with van der Waals surface area (Å²) in [6.45, 7) is 1.11. The molecule has 3 rings (SSSR count). The molecule has 0 amide bonds. The molecule has 0 aliphatic carbocycles. The van der Waals surface area contributed by atoms with Crippen LogP contribution >= 0.6 is 22.9 Å². The number of piperidine rings is 1. The van der Waals surface area contributed by atoms with Gasteiger partial charge in [0, 0.05) is 31.5 Å². The largest absolute Gasteiger partial charge is 0.351 e. The molecular formula is C13H15ClN2O2S2. The van der Waals surface area contributed by atoms with Crippen molar-refractivity contribution in [3.8, 4) is 0 Å². The van der Waals surface area contributed by atoms with Gasteiger partial charge in [0.15, 0.2) is 0 Å². The fraction of sp³-hybridized carbons (Fsp3) is 0.385. The van der Waals surface area contributed by atoms with Crippen molar-refractivity contribution >= 4 is 33.0 Å². The number of thiophene rings is 1. The molecule has 0 saturated carbocycles. The molecule has 0 aromatic carbocycles. The Morgan fingerprint density at radius 1 is 1.15 bits per heavy atom. The van der Waals surface area contributed by atoms with Gasteiger partial charge in [0.2, 0.25) is 0 Å². The van der Waals surface area contributed by atoms with Gasteiger partial charge < -0.3 is 4.57 Å². The smallest absolute Gasteiger partial charge is 0.252 e. The van der Waals surface area contributed by atoms with Crippen molar-refractivity contribution in [2.24, 2.45) is 0 Å². The maximum absolute atomic E-state index is 12.5. The summed E-state index contributed by atoms with van der Waals surface area (Å²) in [5, 5.41) is 0. The zero-order valence-corrected chi connectivity index (χ0v) is 13.2. The molecule has 3 heterocycles. The molecule has 0 bridgehead atoms. The molecule has 0 atom stereocenters. The Morgan fingerprint density at radius 3 is 2.35 bits per heavy atom. The molecule has 0 radical (unpaired) electrons. The molecule has 1 aliphatic rings. The number of hydrogen-bond donors (Lipinski definition) is 0. The lowest BCUT2D eigenvalue weighted by molar-refractivity contribution is 0.274. The predicted molar refractivity (Wildman–Crippen MR) is 80.8 cm³/mol. The minimum absolute atomic E-state index is 0.335. The van der Waals surface area contributed by atoms with Crippen LogP contribution < -0.4 is 0 Å². The highest BCUT2D eigenvalue weighted by Crippen LogP contribution is 2.31. The van der Waals surface area contributed by atoms with Gasteiger partial charge in [0.1, 0.15) is 4.21 Å². The highest BCUT2D eigenvalue weighted by atomic mass is 35.5. The lowest BCUT2D eigenvalue weighted by Gasteiger charge is -2.31. The van der Waals surface area contributed by atoms with Crippen LogP contribution in [-0.4, -0.2) is 30.4 Å². The van der Waals surface area contributed by atoms with Crippen LogP contribution in [0.1, 0.15) is 18.9 Å². The first kappa shape index (κ1) is 14.1. The van der Waals surface area contributed by atoms with Gasteiger partial charge in [-0.15, -0.1) is 11.3 Å². The number of nitrogens with zero attached hydrogens (tertiary/aromatic N) is 2. The second kappa shape index (κ2) is 5.52. The summed E-state index contributed by atoms with van der Waals surface area (Å²) in [5.41, 5.74) is 0. The third kappa shape index (κ3) is 2.65. The zero-order valence-electron chi connectivity index (χ0n) is 10.8. The Labute approximate surface area is 127 Å². The Morgan fingerprint density at radius 2 is 1.80 bits per heavy atom. The second-order valence-electron chi connectivity index (χ2n) is 4.82. The number of rotatable bonds is 3. The van der Waals surface area contributed by atoms with E-state index in [0.717, 1.165) is 24.2 Å². The van der Waals surface area contributed by atoms with E-state index in [4.69, 9.17) is 11.6 Å². The van der Waals surface area contributed by atoms with Crippen LogP contribution in [0.5, 0.6) is 0 Å². The Hall–Kier alpha value is -0.820. The summed E-state index contributed by atoms with van der Waals surface area (Å²) in [6.07, 6.45) is 5.75. The molecule has 1 saturated heterocycles. The fourth-order valence-corrected chi connectivity index (χ4v) is 5.64. The van der Waals surface area contributed by atoms with Gasteiger partial charge in [0.25, 0.3) is 10.0 Å². The SMILES string of the molecule is O=S(=O)(c1ccc(Cl)s1)N1CCC(n2cccc2)CC1. The van der Waals surface area contributed by atoms with E-state index in [0.29, 0.717) is 27.7 Å². The molecule has 0 unspecified atom stereocenters. The number of hydrogen-bond acceptors (Lipinski definition) is 3. The van der Waals surface area contributed by atoms with Crippen molar-refractivity contribution < 1.29 is 8.42 Å². The van der Waals surface area contributed by atoms with E-state index in [-0.39, 0.29) is 0 Å². The fourth-order valence-electron chi connectivity index (χ4n) is 2.54. The van der Waals surface area contributed by atoms with Crippen LogP contribution in [0.3, 0.4) is 0 Å². The molecule has 108 valence electrons. The van der Waals surface area contributed by atoms with Crippen LogP contribution in [0.4, 0.5) is 0 Å². The third-order valence-electron chi connectivity index (χ3n) is 3.62. The van der Waals surface area contributed by atoms with Crippen molar-refractivity contribution in [1.82, 2.24) is 8.87 Å². The minimum Gasteiger partial charge on any atom is -0.351 e. The van der Waals surface area contributed by atoms with Crippen LogP contribution in [0.25, 0.3) is 0 Å². The predicted octanol–water partition coefficient (Wildman–Crippen LogP) is 3.23. The van der Waals surface area contributed by atoms with Crippen LogP contribution in [0.15, 0.2) is 40.9 Å². The highest BCUT2D eigenvalue weighted by Gasteiger charge is 2.30. The van der Waals surface area contributed by atoms with Crippen molar-refractivity contribution in [1.29, 1.82) is 0 Å². The highest BCUT2D eigenvalue weighted by molar-refractivity contribution is 7.91. The monoisotopic (exact) mass is 330 g/mol. The molecule has 20 heavy (non-hydrogen) atoms. The summed E-state index contributed by atoms with van der Waals surface area (Å²) in [5.74, 6) is 0. The first-order valence-corrected chi connectivity index (χ1v) is 9.09. The summed E-state index contributed by atoms with van der Waals surface area (Å²) in [4.78, 5) is 0. The molecule has 4 nitrogen and oxygen atoms in total. The lowest BCUT2D eigenvalue weighted by Crippen LogP contribution is -2.38. The third-order valence-corrected chi connectivity index (χ3v) is 7.21. The maximum atomic E-state index is 12.5. The average molecular weight is 331 g/mol. The number of aromatic nitrogens is 1. The molecule has 1 fully saturated rings. The number of sulfonamides is 1. The molecule has 2 aromatic rings. The molecule has 2 aromatic heterocycles. The van der Waals surface area contributed by atoms with E-state index in [2.05, 4.69) is 4.57 Å². The minimum atomic E-state index is -3.38. The van der Waals surface area contributed by atoms with Crippen molar-refractivity contribution in [2.75, 3.05) is 13.1 Å². The van der Waals surface area contributed by atoms with E-state index in [1.165, 1.54) is 0 Å². The average Bonchev–Trinajstić information content (AvgIpc) is 3.10. The zero-order chi connectivity index (χ0) is 14.2. The van der Waals surface area contributed by atoms with Crippen LogP contribution in [0.2, 0.25) is 4.34 Å². The van der Waals surface area contributed by atoms with Crippen molar-refractivity contribution in [3.63, 3.8) is 0 Å². The molecule has 7 heteroatoms. The first-order chi connectivity index (χ1) is 9.57. The molecule has 0 spiro atoms. The van der Waals surface area contributed by atoms with Gasteiger partial charge in [-0.1, -0.05) is 11.6 Å². The Kier molecular flexibility index (Phi) is 3.90. The van der Waals surface area contributed by atoms with Crippen LogP contribution in [-0.2, 0) is 10.0 Å². The van der Waals surface area contributed by atoms with Gasteiger partial charge in [0.05, 0.1) is 4.34 Å². The topological polar surface area (TPSA) is 42.3 Å². The van der Waals surface area contributed by atoms with Gasteiger partial charge in [-0.3, -0.25) is 0 Å². The summed E-state index contributed by atoms with van der Waals surface area (Å²) >= 11 is 6.95. The summed E-state index contributed by atoms with van der Waals surface area (Å²) in [7, 11) is -3.38. The summed E-state index contributed by atoms with van der Waals surface area (Å²) < 4.78 is 29.5. The quantitative estimate of drug-likeness (QED) is 0.867. The number of halogens is 1. The Balaban J connectivity index is 1.72. The second-order valence-corrected chi connectivity index (χ2v) is 8.70. The van der Waals surface area contributed by atoms with E-state index in [1.54, 1.807) is 16.4 Å². The van der Waals surface area contributed by atoms with Crippen molar-refractivity contribution in [2.45, 2.75) is 23.1 Å². The molecular weight excluding hydrogens is 316 g/mol. The van der Waals surface area contributed by atoms with E-state index in [1.807, 2.05) is 24.5 Å². The normalized spacial score (nSPS) is 18.4. The first-order valence-electron chi connectivity index (χ1n) is 6.45. The standard InChI is InChI=1S/C13H15ClN2O2S2/c14-12-3-4-13(19-12)20(17,18)16-9-5-11(6-10-16)15-7-1-2-8-15/h1-4,7-8,11H,5-6,9-10H2. The van der Waals surface area contributed by atoms with Gasteiger partial charge in [-0.2, -0.15) is 4.31 Å². The van der Waals surface area contributed by atoms with Crippen LogP contribution in [0, 0.1) is 0 Å². The summed E-state index contributed by atoms with van der Waals surface area (Å²) in [6, 6.07) is 7.60. The van der Waals surface area contributed by atoms with Crippen molar-refractivity contribution in [3.05, 3.63) is 41.0 Å². The molecule has 1 aliphatic heterocycles. The van der Waals surface area contributed by atoms with E-state index < -0.39 is 10.0 Å². The lowest BCUT2D eigenvalue weighted by atomic mass is 10.1. The van der Waals surface area contributed by atoms with E-state index in [9.17, 15) is 8.42 Å². The molecule has 0 N–H and O–H groups in total. The Bertz CT molecular complexity index is 671. The van der Waals surface area contributed by atoms with Gasteiger partial charge in [-0.25, -0.2) is 8.42 Å². The van der Waals surface area contributed by atoms with Gasteiger partial charge >= 0.3 is 0 Å².